The van der Waals surface area contributed by atoms with Crippen LogP contribution in [0.2, 0.25) is 0 Å². The van der Waals surface area contributed by atoms with Crippen molar-refractivity contribution < 1.29 is 4.79 Å². The summed E-state index contributed by atoms with van der Waals surface area (Å²) in [5.74, 6) is 0.0150. The van der Waals surface area contributed by atoms with Gasteiger partial charge >= 0.3 is 0 Å². The summed E-state index contributed by atoms with van der Waals surface area (Å²) in [5.41, 5.74) is 2.56. The second-order valence-corrected chi connectivity index (χ2v) is 7.28. The molecule has 0 bridgehead atoms. The highest BCUT2D eigenvalue weighted by Crippen LogP contribution is 2.29. The van der Waals surface area contributed by atoms with Gasteiger partial charge in [0.2, 0.25) is 0 Å². The first-order valence-electron chi connectivity index (χ1n) is 9.14. The van der Waals surface area contributed by atoms with Crippen LogP contribution in [0.5, 0.6) is 0 Å². The molecule has 2 aliphatic rings. The lowest BCUT2D eigenvalue weighted by molar-refractivity contribution is 0.0658. The van der Waals surface area contributed by atoms with E-state index in [1.807, 2.05) is 36.1 Å². The van der Waals surface area contributed by atoms with Gasteiger partial charge in [-0.3, -0.25) is 4.79 Å². The van der Waals surface area contributed by atoms with Gasteiger partial charge in [-0.15, -0.1) is 5.10 Å². The minimum absolute atomic E-state index is 0.0150. The maximum absolute atomic E-state index is 13.0. The summed E-state index contributed by atoms with van der Waals surface area (Å²) >= 11 is 0. The summed E-state index contributed by atoms with van der Waals surface area (Å²) in [7, 11) is 2.17. The summed E-state index contributed by atoms with van der Waals surface area (Å²) in [6.45, 7) is 4.01. The predicted octanol–water partition coefficient (Wildman–Crippen LogP) is 2.27. The molecule has 1 amide bonds. The maximum atomic E-state index is 13.0. The van der Waals surface area contributed by atoms with Crippen molar-refractivity contribution >= 4 is 5.91 Å². The Morgan fingerprint density at radius 1 is 1.08 bits per heavy atom. The quantitative estimate of drug-likeness (QED) is 0.861. The summed E-state index contributed by atoms with van der Waals surface area (Å²) in [6, 6.07) is 8.84. The number of nitrogens with zero attached hydrogens (tertiary/aromatic N) is 5. The van der Waals surface area contributed by atoms with E-state index in [2.05, 4.69) is 22.3 Å². The van der Waals surface area contributed by atoms with E-state index < -0.39 is 0 Å². The van der Waals surface area contributed by atoms with E-state index in [1.54, 1.807) is 10.9 Å². The Morgan fingerprint density at radius 2 is 1.80 bits per heavy atom. The maximum Gasteiger partial charge on any atom is 0.276 e. The van der Waals surface area contributed by atoms with Crippen LogP contribution in [-0.4, -0.2) is 62.9 Å². The topological polar surface area (TPSA) is 54.3 Å². The molecule has 0 aliphatic carbocycles. The first-order valence-corrected chi connectivity index (χ1v) is 9.14. The zero-order chi connectivity index (χ0) is 17.4. The molecular weight excluding hydrogens is 314 g/mol. The third-order valence-electron chi connectivity index (χ3n) is 5.59. The van der Waals surface area contributed by atoms with Crippen molar-refractivity contribution in [2.24, 2.45) is 0 Å². The van der Waals surface area contributed by atoms with Gasteiger partial charge in [-0.1, -0.05) is 22.9 Å². The van der Waals surface area contributed by atoms with Crippen LogP contribution in [0.4, 0.5) is 0 Å². The Hall–Kier alpha value is -2.21. The zero-order valence-corrected chi connectivity index (χ0v) is 14.9. The summed E-state index contributed by atoms with van der Waals surface area (Å²) in [5, 5.41) is 8.30. The third-order valence-corrected chi connectivity index (χ3v) is 5.59. The fraction of sp³-hybridized carbons (Fsp3) is 0.526. The van der Waals surface area contributed by atoms with E-state index in [9.17, 15) is 4.79 Å². The molecule has 2 fully saturated rings. The van der Waals surface area contributed by atoms with Gasteiger partial charge in [0.15, 0.2) is 5.69 Å². The lowest BCUT2D eigenvalue weighted by atomic mass is 10.0. The number of likely N-dealkylation sites (tertiary alicyclic amines) is 2. The fourth-order valence-electron chi connectivity index (χ4n) is 4.20. The van der Waals surface area contributed by atoms with Crippen LogP contribution in [0.15, 0.2) is 30.5 Å². The highest BCUT2D eigenvalue weighted by atomic mass is 16.2. The van der Waals surface area contributed by atoms with Crippen LogP contribution in [0.1, 0.15) is 41.7 Å². The highest BCUT2D eigenvalue weighted by molar-refractivity contribution is 5.92. The van der Waals surface area contributed by atoms with Crippen molar-refractivity contribution in [3.8, 4) is 5.69 Å². The van der Waals surface area contributed by atoms with Crippen molar-refractivity contribution in [1.29, 1.82) is 0 Å². The van der Waals surface area contributed by atoms with Gasteiger partial charge in [0, 0.05) is 18.6 Å². The molecule has 4 rings (SSSR count). The van der Waals surface area contributed by atoms with E-state index in [-0.39, 0.29) is 5.91 Å². The number of carbonyl (C=O) groups excluding carboxylic acids is 1. The van der Waals surface area contributed by atoms with Gasteiger partial charge < -0.3 is 9.80 Å². The molecule has 6 heteroatoms. The molecule has 0 saturated carbocycles. The highest BCUT2D eigenvalue weighted by Gasteiger charge is 2.39. The Balaban J connectivity index is 1.53. The van der Waals surface area contributed by atoms with Crippen LogP contribution < -0.4 is 0 Å². The lowest BCUT2D eigenvalue weighted by Crippen LogP contribution is -2.47. The molecule has 1 aromatic heterocycles. The van der Waals surface area contributed by atoms with E-state index in [4.69, 9.17) is 0 Å². The molecule has 1 aromatic carbocycles. The molecule has 2 aliphatic heterocycles. The average molecular weight is 339 g/mol. The second-order valence-electron chi connectivity index (χ2n) is 7.28. The molecule has 2 aromatic rings. The van der Waals surface area contributed by atoms with Crippen LogP contribution in [0, 0.1) is 6.92 Å². The molecule has 2 saturated heterocycles. The lowest BCUT2D eigenvalue weighted by Gasteiger charge is -2.32. The minimum Gasteiger partial charge on any atom is -0.333 e. The zero-order valence-electron chi connectivity index (χ0n) is 14.9. The normalized spacial score (nSPS) is 24.2. The number of benzene rings is 1. The Kier molecular flexibility index (Phi) is 4.29. The third kappa shape index (κ3) is 3.06. The fourth-order valence-corrected chi connectivity index (χ4v) is 4.20. The van der Waals surface area contributed by atoms with Crippen molar-refractivity contribution in [2.45, 2.75) is 44.7 Å². The molecule has 6 nitrogen and oxygen atoms in total. The number of amides is 1. The predicted molar refractivity (Wildman–Crippen MR) is 95.8 cm³/mol. The summed E-state index contributed by atoms with van der Waals surface area (Å²) in [4.78, 5) is 17.4. The van der Waals surface area contributed by atoms with Gasteiger partial charge in [0.05, 0.1) is 11.9 Å². The standard InChI is InChI=1S/C19H25N5O/c1-14-7-9-15(10-8-14)24-13-16(20-21-24)19(25)23-12-4-6-18(23)17-5-3-11-22(17)2/h7-10,13,17-18H,3-6,11-12H2,1-2H3/t17-,18-/m1/s1. The largest absolute Gasteiger partial charge is 0.333 e. The molecule has 0 radical (unpaired) electrons. The van der Waals surface area contributed by atoms with Crippen LogP contribution in [0.3, 0.4) is 0 Å². The van der Waals surface area contributed by atoms with Crippen molar-refractivity contribution in [2.75, 3.05) is 20.1 Å². The van der Waals surface area contributed by atoms with Crippen molar-refractivity contribution in [3.05, 3.63) is 41.7 Å². The minimum atomic E-state index is 0.0150. The number of aryl methyl sites for hydroxylation is 1. The first-order chi connectivity index (χ1) is 12.1. The van der Waals surface area contributed by atoms with Crippen LogP contribution in [-0.2, 0) is 0 Å². The average Bonchev–Trinajstić information content (AvgIpc) is 3.35. The molecule has 0 N–H and O–H groups in total. The van der Waals surface area contributed by atoms with Gasteiger partial charge in [0.25, 0.3) is 5.91 Å². The number of likely N-dealkylation sites (N-methyl/N-ethyl adjacent to an activating group) is 1. The Morgan fingerprint density at radius 3 is 2.52 bits per heavy atom. The summed E-state index contributed by atoms with van der Waals surface area (Å²) in [6.07, 6.45) is 6.32. The van der Waals surface area contributed by atoms with Crippen molar-refractivity contribution in [1.82, 2.24) is 24.8 Å². The van der Waals surface area contributed by atoms with Gasteiger partial charge in [-0.25, -0.2) is 4.68 Å². The Bertz CT molecular complexity index is 753. The number of hydrogen-bond donors (Lipinski definition) is 0. The van der Waals surface area contributed by atoms with E-state index in [0.717, 1.165) is 31.6 Å². The summed E-state index contributed by atoms with van der Waals surface area (Å²) < 4.78 is 1.68. The molecule has 0 spiro atoms. The van der Waals surface area contributed by atoms with E-state index >= 15 is 0 Å². The SMILES string of the molecule is Cc1ccc(-n2cc(C(=O)N3CCC[C@@H]3[C@H]3CCCN3C)nn2)cc1. The molecule has 2 atom stereocenters. The van der Waals surface area contributed by atoms with Crippen LogP contribution in [0.25, 0.3) is 5.69 Å². The van der Waals surface area contributed by atoms with Crippen LogP contribution >= 0.6 is 0 Å². The Labute approximate surface area is 148 Å². The molecule has 25 heavy (non-hydrogen) atoms. The molecule has 3 heterocycles. The number of hydrogen-bond acceptors (Lipinski definition) is 4. The molecular formula is C19H25N5O. The number of aromatic nitrogens is 3. The second kappa shape index (κ2) is 6.59. The van der Waals surface area contributed by atoms with Gasteiger partial charge in [-0.05, 0) is 58.3 Å². The van der Waals surface area contributed by atoms with E-state index in [0.29, 0.717) is 17.8 Å². The van der Waals surface area contributed by atoms with E-state index in [1.165, 1.54) is 18.4 Å². The van der Waals surface area contributed by atoms with Gasteiger partial charge in [-0.2, -0.15) is 0 Å². The smallest absolute Gasteiger partial charge is 0.276 e. The van der Waals surface area contributed by atoms with Gasteiger partial charge in [0.1, 0.15) is 0 Å². The van der Waals surface area contributed by atoms with Crippen molar-refractivity contribution in [3.63, 3.8) is 0 Å². The first kappa shape index (κ1) is 16.3. The molecule has 0 unspecified atom stereocenters. The molecule has 132 valence electrons. The number of carbonyl (C=O) groups is 1. The number of rotatable bonds is 3. The monoisotopic (exact) mass is 339 g/mol.